The molecule has 2 aromatic carbocycles. The largest absolute Gasteiger partial charge is 0.148 e. The van der Waals surface area contributed by atoms with Gasteiger partial charge in [-0.1, -0.05) is 128 Å². The Labute approximate surface area is 211 Å². The van der Waals surface area contributed by atoms with E-state index < -0.39 is 0 Å². The summed E-state index contributed by atoms with van der Waals surface area (Å²) in [6, 6.07) is 13.9. The van der Waals surface area contributed by atoms with E-state index in [1.165, 1.54) is 41.3 Å². The van der Waals surface area contributed by atoms with E-state index in [-0.39, 0.29) is 21.0 Å². The molecule has 0 aliphatic heterocycles. The Balaban J connectivity index is 2.72. The van der Waals surface area contributed by atoms with E-state index in [9.17, 15) is 0 Å². The minimum atomic E-state index is 0.0896. The second kappa shape index (κ2) is 9.91. The van der Waals surface area contributed by atoms with Crippen LogP contribution in [0.3, 0.4) is 0 Å². The summed E-state index contributed by atoms with van der Waals surface area (Å²) in [6.07, 6.45) is 0. The molecule has 2 aromatic rings. The first-order chi connectivity index (χ1) is 14.8. The molecule has 0 spiro atoms. The highest BCUT2D eigenvalue weighted by molar-refractivity contribution is 8.00. The molecule has 1 unspecified atom stereocenters. The third-order valence-electron chi connectivity index (χ3n) is 5.89. The van der Waals surface area contributed by atoms with Crippen molar-refractivity contribution in [2.45, 2.75) is 116 Å². The van der Waals surface area contributed by atoms with E-state index in [0.29, 0.717) is 5.25 Å². The van der Waals surface area contributed by atoms with Crippen LogP contribution in [0.2, 0.25) is 0 Å². The third-order valence-corrected chi connectivity index (χ3v) is 8.35. The Morgan fingerprint density at radius 3 is 1.64 bits per heavy atom. The predicted molar refractivity (Wildman–Crippen MR) is 156 cm³/mol. The van der Waals surface area contributed by atoms with Crippen molar-refractivity contribution in [1.29, 1.82) is 0 Å². The molecule has 0 aliphatic rings. The van der Waals surface area contributed by atoms with Crippen LogP contribution in [-0.2, 0) is 16.2 Å². The molecule has 0 radical (unpaired) electrons. The number of thioether (sulfide) groups is 1. The molecule has 0 aliphatic carbocycles. The van der Waals surface area contributed by atoms with Gasteiger partial charge in [0.25, 0.3) is 0 Å². The third kappa shape index (κ3) is 7.73. The van der Waals surface area contributed by atoms with Crippen LogP contribution in [0.15, 0.2) is 36.4 Å². The minimum Gasteiger partial charge on any atom is -0.148 e. The van der Waals surface area contributed by atoms with Crippen molar-refractivity contribution >= 4 is 31.1 Å². The van der Waals surface area contributed by atoms with Gasteiger partial charge in [0, 0.05) is 15.3 Å². The highest BCUT2D eigenvalue weighted by Crippen LogP contribution is 2.39. The van der Waals surface area contributed by atoms with Gasteiger partial charge in [-0.2, -0.15) is 0 Å². The lowest BCUT2D eigenvalue weighted by Gasteiger charge is -2.32. The second-order valence-corrected chi connectivity index (χ2v) is 16.6. The summed E-state index contributed by atoms with van der Waals surface area (Å²) in [7, 11) is 1.28. The van der Waals surface area contributed by atoms with Crippen molar-refractivity contribution in [2.75, 3.05) is 0 Å². The summed E-state index contributed by atoms with van der Waals surface area (Å²) in [6.45, 7) is 30.4. The molecular formula is C31H47PS. The molecule has 33 heavy (non-hydrogen) atoms. The lowest BCUT2D eigenvalue weighted by molar-refractivity contribution is 0.554. The molecule has 0 N–H and O–H groups in total. The van der Waals surface area contributed by atoms with E-state index in [2.05, 4.69) is 132 Å². The SMILES string of the molecule is CC(SC(C)(C)C)c1ccccc1C=Pc1c(C(C)(C)C)cc(C(C)(C)C)cc1C(C)(C)C. The van der Waals surface area contributed by atoms with Crippen molar-refractivity contribution in [3.05, 3.63) is 64.2 Å². The maximum Gasteiger partial charge on any atom is 0.0280 e. The highest BCUT2D eigenvalue weighted by Gasteiger charge is 2.28. The van der Waals surface area contributed by atoms with Crippen molar-refractivity contribution in [2.24, 2.45) is 0 Å². The zero-order valence-electron chi connectivity index (χ0n) is 23.5. The van der Waals surface area contributed by atoms with E-state index in [1.54, 1.807) is 0 Å². The van der Waals surface area contributed by atoms with Crippen LogP contribution in [0, 0.1) is 0 Å². The van der Waals surface area contributed by atoms with Crippen LogP contribution >= 0.6 is 20.0 Å². The highest BCUT2D eigenvalue weighted by atomic mass is 32.2. The zero-order chi connectivity index (χ0) is 25.4. The zero-order valence-corrected chi connectivity index (χ0v) is 25.2. The van der Waals surface area contributed by atoms with Crippen molar-refractivity contribution in [3.8, 4) is 0 Å². The van der Waals surface area contributed by atoms with Crippen LogP contribution < -0.4 is 5.30 Å². The maximum atomic E-state index is 2.48. The van der Waals surface area contributed by atoms with E-state index in [4.69, 9.17) is 0 Å². The number of rotatable bonds is 4. The van der Waals surface area contributed by atoms with Crippen LogP contribution in [0.1, 0.15) is 123 Å². The van der Waals surface area contributed by atoms with E-state index >= 15 is 0 Å². The molecule has 2 rings (SSSR count). The van der Waals surface area contributed by atoms with Crippen LogP contribution in [0.25, 0.3) is 0 Å². The number of hydrogen-bond donors (Lipinski definition) is 0. The summed E-state index contributed by atoms with van der Waals surface area (Å²) >= 11 is 2.04. The summed E-state index contributed by atoms with van der Waals surface area (Å²) in [5.41, 5.74) is 7.50. The van der Waals surface area contributed by atoms with Gasteiger partial charge in [0.05, 0.1) is 0 Å². The van der Waals surface area contributed by atoms with Crippen molar-refractivity contribution in [1.82, 2.24) is 0 Å². The Kier molecular flexibility index (Phi) is 8.47. The second-order valence-electron chi connectivity index (χ2n) is 13.4. The molecule has 0 bridgehead atoms. The Morgan fingerprint density at radius 1 is 0.727 bits per heavy atom. The Bertz CT molecular complexity index is 950. The van der Waals surface area contributed by atoms with Crippen molar-refractivity contribution < 1.29 is 0 Å². The molecule has 2 heteroatoms. The van der Waals surface area contributed by atoms with Crippen LogP contribution in [0.4, 0.5) is 0 Å². The topological polar surface area (TPSA) is 0 Å². The molecule has 0 fully saturated rings. The number of hydrogen-bond acceptors (Lipinski definition) is 1. The molecule has 182 valence electrons. The normalized spacial score (nSPS) is 14.7. The lowest BCUT2D eigenvalue weighted by Crippen LogP contribution is -2.29. The molecule has 0 amide bonds. The molecule has 0 saturated heterocycles. The predicted octanol–water partition coefficient (Wildman–Crippen LogP) is 9.59. The molecule has 0 heterocycles. The summed E-state index contributed by atoms with van der Waals surface area (Å²) in [5.74, 6) is 2.45. The first-order valence-electron chi connectivity index (χ1n) is 12.3. The molecule has 1 atom stereocenters. The standard InChI is InChI=1S/C31H47PS/c1-21(33-31(11,12)13)24-17-15-14-16-22(24)20-32-27-25(29(5,6)7)18-23(28(2,3)4)19-26(27)30(8,9)10/h14-21H,1-13H3. The van der Waals surface area contributed by atoms with Crippen molar-refractivity contribution in [3.63, 3.8) is 0 Å². The minimum absolute atomic E-state index is 0.0896. The van der Waals surface area contributed by atoms with Gasteiger partial charge in [-0.15, -0.1) is 11.8 Å². The van der Waals surface area contributed by atoms with E-state index in [0.717, 1.165) is 0 Å². The van der Waals surface area contributed by atoms with Crippen LogP contribution in [0.5, 0.6) is 0 Å². The van der Waals surface area contributed by atoms with Gasteiger partial charge >= 0.3 is 0 Å². The smallest absolute Gasteiger partial charge is 0.0280 e. The fraction of sp³-hybridized carbons (Fsp3) is 0.581. The first-order valence-corrected chi connectivity index (χ1v) is 14.2. The van der Waals surface area contributed by atoms with Crippen LogP contribution in [-0.4, -0.2) is 10.5 Å². The number of benzene rings is 2. The van der Waals surface area contributed by atoms with Gasteiger partial charge in [-0.3, -0.25) is 0 Å². The monoisotopic (exact) mass is 482 g/mol. The van der Waals surface area contributed by atoms with Gasteiger partial charge < -0.3 is 0 Å². The Hall–Kier alpha value is -1.04. The first kappa shape index (κ1) is 28.2. The fourth-order valence-electron chi connectivity index (χ4n) is 4.08. The Morgan fingerprint density at radius 2 is 1.21 bits per heavy atom. The summed E-state index contributed by atoms with van der Waals surface area (Å²) < 4.78 is 0.242. The van der Waals surface area contributed by atoms with Gasteiger partial charge in [0.2, 0.25) is 0 Å². The summed E-state index contributed by atoms with van der Waals surface area (Å²) in [4.78, 5) is 0. The molecule has 0 nitrogen and oxygen atoms in total. The quantitative estimate of drug-likeness (QED) is 0.391. The van der Waals surface area contributed by atoms with Gasteiger partial charge in [0.15, 0.2) is 0 Å². The molecule has 0 aromatic heterocycles. The fourth-order valence-corrected chi connectivity index (χ4v) is 7.06. The average molecular weight is 483 g/mol. The summed E-state index contributed by atoms with van der Waals surface area (Å²) in [5, 5.41) is 1.94. The molecule has 0 saturated carbocycles. The average Bonchev–Trinajstić information content (AvgIpc) is 2.62. The molecular weight excluding hydrogens is 435 g/mol. The lowest BCUT2D eigenvalue weighted by atomic mass is 9.75. The van der Waals surface area contributed by atoms with Gasteiger partial charge in [-0.25, -0.2) is 0 Å². The maximum absolute atomic E-state index is 2.48. The van der Waals surface area contributed by atoms with Gasteiger partial charge in [-0.05, 0) is 56.8 Å². The van der Waals surface area contributed by atoms with E-state index in [1.807, 2.05) is 11.8 Å². The van der Waals surface area contributed by atoms with Gasteiger partial charge in [0.1, 0.15) is 0 Å².